The lowest BCUT2D eigenvalue weighted by molar-refractivity contribution is 0.0593. The minimum atomic E-state index is -0.684. The van der Waals surface area contributed by atoms with Gasteiger partial charge in [-0.15, -0.1) is 4.99 Å². The topological polar surface area (TPSA) is 86.8 Å². The number of aromatic nitrogens is 2. The van der Waals surface area contributed by atoms with Crippen LogP contribution in [0.4, 0.5) is 9.18 Å². The van der Waals surface area contributed by atoms with E-state index in [1.807, 2.05) is 19.9 Å². The maximum atomic E-state index is 13.7. The Bertz CT molecular complexity index is 1350. The molecule has 3 aromatic rings. The zero-order valence-electron chi connectivity index (χ0n) is 22.5. The number of hydrogen-bond donors (Lipinski definition) is 1. The Morgan fingerprint density at radius 3 is 2.51 bits per heavy atom. The lowest BCUT2D eigenvalue weighted by Gasteiger charge is -2.17. The number of halogens is 1. The second-order valence-corrected chi connectivity index (χ2v) is 9.93. The Morgan fingerprint density at radius 1 is 1.14 bits per heavy atom. The predicted molar refractivity (Wildman–Crippen MR) is 139 cm³/mol. The van der Waals surface area contributed by atoms with Crippen LogP contribution in [0.25, 0.3) is 0 Å². The fourth-order valence-corrected chi connectivity index (χ4v) is 3.78. The number of amides is 2. The van der Waals surface area contributed by atoms with Gasteiger partial charge >= 0.3 is 6.09 Å². The molecular weight excluding hydrogens is 475 g/mol. The summed E-state index contributed by atoms with van der Waals surface area (Å²) in [4.78, 5) is 29.6. The Morgan fingerprint density at radius 2 is 1.86 bits per heavy atom. The first kappa shape index (κ1) is 27.7. The summed E-state index contributed by atoms with van der Waals surface area (Å²) in [7, 11) is 1.79. The van der Waals surface area contributed by atoms with Gasteiger partial charge in [-0.2, -0.15) is 0 Å². The Hall–Kier alpha value is -3.88. The summed E-state index contributed by atoms with van der Waals surface area (Å²) in [5.41, 5.74) is 2.29. The van der Waals surface area contributed by atoms with Gasteiger partial charge < -0.3 is 23.9 Å². The molecule has 37 heavy (non-hydrogen) atoms. The van der Waals surface area contributed by atoms with Crippen molar-refractivity contribution in [2.45, 2.75) is 59.7 Å². The maximum absolute atomic E-state index is 13.7. The number of ether oxygens (including phenoxy) is 2. The molecule has 0 saturated heterocycles. The molecule has 0 aliphatic rings. The van der Waals surface area contributed by atoms with E-state index >= 15 is 0 Å². The van der Waals surface area contributed by atoms with E-state index in [9.17, 15) is 14.0 Å². The van der Waals surface area contributed by atoms with Crippen LogP contribution in [0.1, 0.15) is 67.7 Å². The predicted octanol–water partition coefficient (Wildman–Crippen LogP) is 5.05. The Kier molecular flexibility index (Phi) is 8.57. The van der Waals surface area contributed by atoms with E-state index in [1.165, 1.54) is 6.07 Å². The van der Waals surface area contributed by atoms with Crippen molar-refractivity contribution in [2.75, 3.05) is 6.61 Å². The molecule has 1 atom stereocenters. The molecule has 1 N–H and O–H groups in total. The van der Waals surface area contributed by atoms with Crippen molar-refractivity contribution in [1.82, 2.24) is 14.5 Å². The van der Waals surface area contributed by atoms with E-state index in [1.54, 1.807) is 80.5 Å². The van der Waals surface area contributed by atoms with Crippen LogP contribution in [-0.2, 0) is 18.3 Å². The van der Waals surface area contributed by atoms with Gasteiger partial charge in [-0.1, -0.05) is 12.1 Å². The monoisotopic (exact) mass is 510 g/mol. The van der Waals surface area contributed by atoms with Crippen LogP contribution in [0.5, 0.6) is 5.75 Å². The number of imidazole rings is 1. The molecule has 0 unspecified atom stereocenters. The molecule has 2 aromatic carbocycles. The summed E-state index contributed by atoms with van der Waals surface area (Å²) in [5.74, 6) is -0.0147. The molecular formula is C28H35FN4O4. The van der Waals surface area contributed by atoms with Gasteiger partial charge in [0.05, 0.1) is 19.2 Å². The molecule has 0 bridgehead atoms. The van der Waals surface area contributed by atoms with Gasteiger partial charge in [0, 0.05) is 25.0 Å². The summed E-state index contributed by atoms with van der Waals surface area (Å²) < 4.78 is 28.2. The van der Waals surface area contributed by atoms with Gasteiger partial charge in [-0.05, 0) is 82.5 Å². The molecule has 198 valence electrons. The number of carbonyl (C=O) groups is 2. The first-order chi connectivity index (χ1) is 17.4. The van der Waals surface area contributed by atoms with Crippen molar-refractivity contribution >= 4 is 12.0 Å². The molecule has 9 heteroatoms. The molecule has 1 aromatic heterocycles. The van der Waals surface area contributed by atoms with Crippen LogP contribution >= 0.6 is 0 Å². The van der Waals surface area contributed by atoms with Crippen LogP contribution < -0.4 is 15.7 Å². The van der Waals surface area contributed by atoms with Crippen LogP contribution in [0.15, 0.2) is 53.8 Å². The molecule has 1 heterocycles. The van der Waals surface area contributed by atoms with Crippen LogP contribution in [-0.4, -0.2) is 33.3 Å². The summed E-state index contributed by atoms with van der Waals surface area (Å²) in [6, 6.07) is 9.78. The van der Waals surface area contributed by atoms with Gasteiger partial charge in [-0.25, -0.2) is 9.18 Å². The van der Waals surface area contributed by atoms with Gasteiger partial charge in [0.15, 0.2) is 0 Å². The Labute approximate surface area is 216 Å². The number of carbonyl (C=O) groups excluding carboxylic acids is 2. The minimum absolute atomic E-state index is 0.283. The fourth-order valence-electron chi connectivity index (χ4n) is 3.78. The molecule has 0 radical (unpaired) electrons. The average Bonchev–Trinajstić information content (AvgIpc) is 3.13. The number of rotatable bonds is 7. The number of aryl methyl sites for hydroxylation is 2. The lowest BCUT2D eigenvalue weighted by atomic mass is 10.0. The van der Waals surface area contributed by atoms with Crippen molar-refractivity contribution < 1.29 is 23.5 Å². The minimum Gasteiger partial charge on any atom is -0.494 e. The third kappa shape index (κ3) is 7.55. The molecule has 8 nitrogen and oxygen atoms in total. The molecule has 0 aliphatic carbocycles. The van der Waals surface area contributed by atoms with Gasteiger partial charge in [0.25, 0.3) is 5.91 Å². The highest BCUT2D eigenvalue weighted by Crippen LogP contribution is 2.21. The zero-order chi connectivity index (χ0) is 27.3. The standard InChI is InChI=1S/C28H35FN4O4/c1-8-36-23-15-20(17-33-12-11-32(7)26(33)31-27(35)37-28(4,5)6)14-22(16-23)25(34)30-19(3)21-9-10-24(29)18(2)13-21/h9-16,19H,8,17H2,1-7H3,(H,30,34)/b31-26+/t19-/m0/s1. The average molecular weight is 511 g/mol. The first-order valence-electron chi connectivity index (χ1n) is 12.2. The third-order valence-corrected chi connectivity index (χ3v) is 5.55. The number of nitrogens with zero attached hydrogens (tertiary/aromatic N) is 3. The normalized spacial score (nSPS) is 12.8. The molecule has 0 aliphatic heterocycles. The number of benzene rings is 2. The molecule has 0 spiro atoms. The molecule has 2 amide bonds. The highest BCUT2D eigenvalue weighted by Gasteiger charge is 2.17. The van der Waals surface area contributed by atoms with Crippen molar-refractivity contribution in [3.8, 4) is 5.75 Å². The second-order valence-electron chi connectivity index (χ2n) is 9.93. The molecule has 0 fully saturated rings. The molecule has 0 saturated carbocycles. The van der Waals surface area contributed by atoms with Crippen molar-refractivity contribution in [2.24, 2.45) is 12.0 Å². The highest BCUT2D eigenvalue weighted by molar-refractivity contribution is 5.95. The Balaban J connectivity index is 1.88. The number of nitrogens with one attached hydrogen (secondary N) is 1. The van der Waals surface area contributed by atoms with E-state index in [0.29, 0.717) is 35.6 Å². The summed E-state index contributed by atoms with van der Waals surface area (Å²) in [5, 5.41) is 2.98. The first-order valence-corrected chi connectivity index (χ1v) is 12.2. The van der Waals surface area contributed by atoms with E-state index < -0.39 is 11.7 Å². The quantitative estimate of drug-likeness (QED) is 0.482. The lowest BCUT2D eigenvalue weighted by Crippen LogP contribution is -2.29. The van der Waals surface area contributed by atoms with Crippen LogP contribution in [0, 0.1) is 12.7 Å². The smallest absolute Gasteiger partial charge is 0.437 e. The van der Waals surface area contributed by atoms with Crippen molar-refractivity contribution in [3.63, 3.8) is 0 Å². The van der Waals surface area contributed by atoms with Crippen LogP contribution in [0.2, 0.25) is 0 Å². The van der Waals surface area contributed by atoms with Gasteiger partial charge in [-0.3, -0.25) is 4.79 Å². The van der Waals surface area contributed by atoms with Crippen molar-refractivity contribution in [3.05, 3.63) is 82.5 Å². The largest absolute Gasteiger partial charge is 0.494 e. The van der Waals surface area contributed by atoms with Gasteiger partial charge in [0.1, 0.15) is 17.2 Å². The fraction of sp³-hybridized carbons (Fsp3) is 0.393. The zero-order valence-corrected chi connectivity index (χ0v) is 22.5. The number of hydrogen-bond acceptors (Lipinski definition) is 4. The summed E-state index contributed by atoms with van der Waals surface area (Å²) >= 11 is 0. The summed E-state index contributed by atoms with van der Waals surface area (Å²) in [6.45, 7) is 11.5. The SMILES string of the molecule is CCOc1cc(Cn2ccn(C)/c2=N\C(=O)OC(C)(C)C)cc(C(=O)N[C@@H](C)c2ccc(F)c(C)c2)c1. The van der Waals surface area contributed by atoms with Crippen molar-refractivity contribution in [1.29, 1.82) is 0 Å². The van der Waals surface area contributed by atoms with Gasteiger partial charge in [0.2, 0.25) is 5.62 Å². The van der Waals surface area contributed by atoms with E-state index in [2.05, 4.69) is 10.3 Å². The molecule has 3 rings (SSSR count). The maximum Gasteiger partial charge on any atom is 0.437 e. The van der Waals surface area contributed by atoms with Crippen LogP contribution in [0.3, 0.4) is 0 Å². The summed E-state index contributed by atoms with van der Waals surface area (Å²) in [6.07, 6.45) is 2.90. The van der Waals surface area contributed by atoms with E-state index in [0.717, 1.165) is 11.1 Å². The van der Waals surface area contributed by atoms with E-state index in [-0.39, 0.29) is 17.8 Å². The third-order valence-electron chi connectivity index (χ3n) is 5.55. The van der Waals surface area contributed by atoms with E-state index in [4.69, 9.17) is 9.47 Å². The highest BCUT2D eigenvalue weighted by atomic mass is 19.1. The second kappa shape index (κ2) is 11.5.